The Kier molecular flexibility index (Phi) is 4.58. The summed E-state index contributed by atoms with van der Waals surface area (Å²) in [4.78, 5) is 11.8. The fourth-order valence-electron chi connectivity index (χ4n) is 2.96. The maximum absolute atomic E-state index is 11.8. The van der Waals surface area contributed by atoms with Crippen molar-refractivity contribution < 1.29 is 39.4 Å². The third-order valence-corrected chi connectivity index (χ3v) is 4.32. The van der Waals surface area contributed by atoms with Crippen LogP contribution in [0.5, 0.6) is 0 Å². The minimum absolute atomic E-state index is 0.0830. The molecule has 1 aliphatic heterocycles. The standard InChI is InChI=1S/C15H18O9/c1-5-8-6(2-3-22-14(8)21)13(9(5)17)24-15-12(20)11(19)10(18)7(4-16)23-15/h2-3,7,9-13,15-20H,1,4H2/t7-,9-,10-,11+,12-,13+,15+/m1/s1. The number of aliphatic hydroxyl groups excluding tert-OH is 5. The van der Waals surface area contributed by atoms with E-state index in [9.17, 15) is 30.3 Å². The summed E-state index contributed by atoms with van der Waals surface area (Å²) in [7, 11) is 0. The zero-order valence-corrected chi connectivity index (χ0v) is 12.5. The van der Waals surface area contributed by atoms with E-state index in [1.54, 1.807) is 0 Å². The van der Waals surface area contributed by atoms with Crippen LogP contribution in [0, 0.1) is 0 Å². The molecule has 0 amide bonds. The topological polar surface area (TPSA) is 150 Å². The molecular formula is C15H18O9. The second-order valence-corrected chi connectivity index (χ2v) is 5.76. The van der Waals surface area contributed by atoms with Gasteiger partial charge in [-0.15, -0.1) is 0 Å². The van der Waals surface area contributed by atoms with E-state index in [2.05, 4.69) is 6.58 Å². The van der Waals surface area contributed by atoms with Gasteiger partial charge in [-0.05, 0) is 11.6 Å². The third kappa shape index (κ3) is 2.60. The maximum Gasteiger partial charge on any atom is 0.343 e. The smallest absolute Gasteiger partial charge is 0.343 e. The van der Waals surface area contributed by atoms with Gasteiger partial charge in [0.1, 0.15) is 36.6 Å². The molecule has 1 fully saturated rings. The molecule has 0 unspecified atom stereocenters. The molecule has 1 saturated heterocycles. The lowest BCUT2D eigenvalue weighted by molar-refractivity contribution is -0.316. The first-order valence-corrected chi connectivity index (χ1v) is 7.31. The second-order valence-electron chi connectivity index (χ2n) is 5.76. The fourth-order valence-corrected chi connectivity index (χ4v) is 2.96. The van der Waals surface area contributed by atoms with Gasteiger partial charge in [-0.25, -0.2) is 4.79 Å². The first-order valence-electron chi connectivity index (χ1n) is 7.31. The molecular weight excluding hydrogens is 324 g/mol. The highest BCUT2D eigenvalue weighted by molar-refractivity contribution is 5.74. The first kappa shape index (κ1) is 17.2. The van der Waals surface area contributed by atoms with Crippen molar-refractivity contribution in [3.05, 3.63) is 40.5 Å². The molecule has 2 aliphatic rings. The van der Waals surface area contributed by atoms with E-state index in [0.29, 0.717) is 5.56 Å². The Morgan fingerprint density at radius 3 is 2.54 bits per heavy atom. The molecule has 132 valence electrons. The molecule has 3 rings (SSSR count). The van der Waals surface area contributed by atoms with Gasteiger partial charge in [0, 0.05) is 5.56 Å². The van der Waals surface area contributed by atoms with Gasteiger partial charge in [0.15, 0.2) is 6.29 Å². The summed E-state index contributed by atoms with van der Waals surface area (Å²) in [6.45, 7) is 3.03. The van der Waals surface area contributed by atoms with Crippen molar-refractivity contribution in [2.75, 3.05) is 6.61 Å². The van der Waals surface area contributed by atoms with Crippen LogP contribution in [-0.2, 0) is 9.47 Å². The molecule has 5 N–H and O–H groups in total. The number of hydrogen-bond donors (Lipinski definition) is 5. The second kappa shape index (κ2) is 6.37. The summed E-state index contributed by atoms with van der Waals surface area (Å²) in [6, 6.07) is 1.42. The van der Waals surface area contributed by atoms with Crippen molar-refractivity contribution in [3.63, 3.8) is 0 Å². The highest BCUT2D eigenvalue weighted by Gasteiger charge is 2.47. The minimum Gasteiger partial charge on any atom is -0.431 e. The quantitative estimate of drug-likeness (QED) is 0.415. The summed E-state index contributed by atoms with van der Waals surface area (Å²) < 4.78 is 15.5. The lowest BCUT2D eigenvalue weighted by atomic mass is 9.99. The van der Waals surface area contributed by atoms with Crippen LogP contribution in [-0.4, -0.2) is 68.9 Å². The van der Waals surface area contributed by atoms with E-state index in [-0.39, 0.29) is 11.1 Å². The predicted molar refractivity (Wildman–Crippen MR) is 77.6 cm³/mol. The molecule has 1 aliphatic carbocycles. The SMILES string of the molecule is C=C1c2c(ccoc2=O)[C@H](O[C@@H]2O[C@H](CO)[C@@H](O)[C@H](O)[C@H]2O)[C@@H]1O. The van der Waals surface area contributed by atoms with Gasteiger partial charge in [0.05, 0.1) is 18.4 Å². The van der Waals surface area contributed by atoms with Crippen molar-refractivity contribution in [1.29, 1.82) is 0 Å². The summed E-state index contributed by atoms with van der Waals surface area (Å²) in [5.41, 5.74) is -0.189. The summed E-state index contributed by atoms with van der Waals surface area (Å²) in [5.74, 6) is 0. The van der Waals surface area contributed by atoms with Gasteiger partial charge in [0.25, 0.3) is 0 Å². The molecule has 0 spiro atoms. The zero-order chi connectivity index (χ0) is 17.6. The van der Waals surface area contributed by atoms with Crippen LogP contribution in [0.2, 0.25) is 0 Å². The largest absolute Gasteiger partial charge is 0.431 e. The highest BCUT2D eigenvalue weighted by Crippen LogP contribution is 2.41. The summed E-state index contributed by atoms with van der Waals surface area (Å²) >= 11 is 0. The molecule has 0 saturated carbocycles. The molecule has 1 aromatic rings. The Balaban J connectivity index is 1.87. The van der Waals surface area contributed by atoms with E-state index in [0.717, 1.165) is 6.26 Å². The van der Waals surface area contributed by atoms with Gasteiger partial charge >= 0.3 is 5.63 Å². The van der Waals surface area contributed by atoms with Crippen LogP contribution in [0.4, 0.5) is 0 Å². The average Bonchev–Trinajstić information content (AvgIpc) is 2.81. The van der Waals surface area contributed by atoms with Gasteiger partial charge in [-0.3, -0.25) is 0 Å². The number of fused-ring (bicyclic) bond motifs is 1. The van der Waals surface area contributed by atoms with E-state index < -0.39 is 55.1 Å². The number of rotatable bonds is 3. The molecule has 0 bridgehead atoms. The van der Waals surface area contributed by atoms with Crippen LogP contribution in [0.25, 0.3) is 5.57 Å². The Bertz CT molecular complexity index is 682. The zero-order valence-electron chi connectivity index (χ0n) is 12.5. The highest BCUT2D eigenvalue weighted by atomic mass is 16.7. The molecule has 1 aromatic heterocycles. The van der Waals surface area contributed by atoms with Crippen molar-refractivity contribution in [2.24, 2.45) is 0 Å². The lowest BCUT2D eigenvalue weighted by Gasteiger charge is -2.40. The third-order valence-electron chi connectivity index (χ3n) is 4.32. The van der Waals surface area contributed by atoms with Gasteiger partial charge in [-0.2, -0.15) is 0 Å². The Labute approximate surface area is 136 Å². The van der Waals surface area contributed by atoms with Crippen molar-refractivity contribution in [3.8, 4) is 0 Å². The van der Waals surface area contributed by atoms with Crippen LogP contribution in [0.3, 0.4) is 0 Å². The van der Waals surface area contributed by atoms with E-state index >= 15 is 0 Å². The van der Waals surface area contributed by atoms with Crippen molar-refractivity contribution in [1.82, 2.24) is 0 Å². The van der Waals surface area contributed by atoms with Crippen molar-refractivity contribution in [2.45, 2.75) is 42.9 Å². The molecule has 0 radical (unpaired) electrons. The van der Waals surface area contributed by atoms with E-state index in [1.807, 2.05) is 0 Å². The maximum atomic E-state index is 11.8. The van der Waals surface area contributed by atoms with Crippen LogP contribution < -0.4 is 5.63 Å². The van der Waals surface area contributed by atoms with Crippen LogP contribution in [0.1, 0.15) is 17.2 Å². The molecule has 9 nitrogen and oxygen atoms in total. The molecule has 9 heteroatoms. The molecule has 24 heavy (non-hydrogen) atoms. The number of ether oxygens (including phenoxy) is 2. The summed E-state index contributed by atoms with van der Waals surface area (Å²) in [5, 5.41) is 49.0. The average molecular weight is 342 g/mol. The van der Waals surface area contributed by atoms with Crippen molar-refractivity contribution >= 4 is 5.57 Å². The monoisotopic (exact) mass is 342 g/mol. The van der Waals surface area contributed by atoms with Gasteiger partial charge in [-0.1, -0.05) is 6.58 Å². The first-order chi connectivity index (χ1) is 11.4. The lowest BCUT2D eigenvalue weighted by Crippen LogP contribution is -2.59. The Morgan fingerprint density at radius 1 is 1.17 bits per heavy atom. The van der Waals surface area contributed by atoms with Crippen LogP contribution >= 0.6 is 0 Å². The van der Waals surface area contributed by atoms with Crippen LogP contribution in [0.15, 0.2) is 28.1 Å². The molecule has 0 aromatic carbocycles. The molecule has 7 atom stereocenters. The number of aliphatic hydroxyl groups is 5. The number of hydrogen-bond acceptors (Lipinski definition) is 9. The Hall–Kier alpha value is -1.59. The molecule has 2 heterocycles. The Morgan fingerprint density at radius 2 is 1.88 bits per heavy atom. The normalized spacial score (nSPS) is 39.0. The fraction of sp³-hybridized carbons (Fsp3) is 0.533. The van der Waals surface area contributed by atoms with Gasteiger partial charge < -0.3 is 39.4 Å². The van der Waals surface area contributed by atoms with E-state index in [4.69, 9.17) is 13.9 Å². The van der Waals surface area contributed by atoms with E-state index in [1.165, 1.54) is 6.07 Å². The minimum atomic E-state index is -1.62. The summed E-state index contributed by atoms with van der Waals surface area (Å²) in [6.07, 6.45) is -8.56. The predicted octanol–water partition coefficient (Wildman–Crippen LogP) is -2.11. The van der Waals surface area contributed by atoms with Gasteiger partial charge in [0.2, 0.25) is 0 Å².